The summed E-state index contributed by atoms with van der Waals surface area (Å²) in [6, 6.07) is 7.32. The first-order valence-electron chi connectivity index (χ1n) is 8.97. The number of aromatic nitrogens is 3. The normalized spacial score (nSPS) is 9.12. The van der Waals surface area contributed by atoms with E-state index in [2.05, 4.69) is 9.97 Å². The molecule has 3 rings (SSSR count). The molecule has 0 atom stereocenters. The van der Waals surface area contributed by atoms with Gasteiger partial charge in [0, 0.05) is 18.8 Å². The molecule has 3 aromatic rings. The third-order valence-electron chi connectivity index (χ3n) is 3.16. The number of nitrogen functional groups attached to an aromatic ring is 1. The van der Waals surface area contributed by atoms with Crippen molar-refractivity contribution in [2.75, 3.05) is 5.73 Å². The highest BCUT2D eigenvalue weighted by Gasteiger charge is 2.10. The van der Waals surface area contributed by atoms with Crippen LogP contribution in [0.2, 0.25) is 0 Å². The Kier molecular flexibility index (Phi) is 9.94. The lowest BCUT2D eigenvalue weighted by molar-refractivity contribution is 0.101. The minimum Gasteiger partial charge on any atom is -0.397 e. The van der Waals surface area contributed by atoms with E-state index in [9.17, 15) is 4.79 Å². The number of benzene rings is 1. The first-order valence-corrected chi connectivity index (χ1v) is 8.97. The fraction of sp³-hybridized carbons (Fsp3) is 0.400. The molecule has 0 spiro atoms. The Morgan fingerprint density at radius 1 is 1.08 bits per heavy atom. The number of carbonyl (C=O) groups is 1. The van der Waals surface area contributed by atoms with Crippen LogP contribution in [0.3, 0.4) is 0 Å². The summed E-state index contributed by atoms with van der Waals surface area (Å²) in [5, 5.41) is 0. The molecule has 0 unspecified atom stereocenters. The number of nitrogens with one attached hydrogen (secondary N) is 1. The Hall–Kier alpha value is -2.56. The number of aromatic amines is 1. The molecule has 0 fully saturated rings. The van der Waals surface area contributed by atoms with E-state index in [0.29, 0.717) is 11.3 Å². The molecule has 5 nitrogen and oxygen atoms in total. The minimum atomic E-state index is 0.0427. The molecule has 5 heteroatoms. The monoisotopic (exact) mass is 344 g/mol. The number of nitrogens with zero attached hydrogens (tertiary/aromatic N) is 2. The maximum atomic E-state index is 11.4. The van der Waals surface area contributed by atoms with E-state index in [4.69, 9.17) is 5.73 Å². The number of rotatable bonds is 2. The van der Waals surface area contributed by atoms with E-state index in [-0.39, 0.29) is 5.78 Å². The fourth-order valence-corrected chi connectivity index (χ4v) is 2.18. The summed E-state index contributed by atoms with van der Waals surface area (Å²) in [7, 11) is 1.92. The Bertz CT molecular complexity index is 784. The molecule has 1 aromatic carbocycles. The van der Waals surface area contributed by atoms with Gasteiger partial charge in [0.1, 0.15) is 0 Å². The highest BCUT2D eigenvalue weighted by Crippen LogP contribution is 2.23. The van der Waals surface area contributed by atoms with Crippen LogP contribution in [0, 0.1) is 0 Å². The standard InChI is InChI=1S/C14H14N4O.3C2H6/c1-8(19)9-3-4-11-12(5-9)17-14(16-11)13-6-10(15)7-18(13)2;3*1-2/h3-7H,15H2,1-2H3,(H,16,17);3*1-2H3. The minimum absolute atomic E-state index is 0.0427. The topological polar surface area (TPSA) is 76.7 Å². The van der Waals surface area contributed by atoms with Crippen LogP contribution >= 0.6 is 0 Å². The summed E-state index contributed by atoms with van der Waals surface area (Å²) in [4.78, 5) is 19.1. The van der Waals surface area contributed by atoms with Gasteiger partial charge in [0.15, 0.2) is 11.6 Å². The van der Waals surface area contributed by atoms with Crippen molar-refractivity contribution in [1.29, 1.82) is 0 Å². The van der Waals surface area contributed by atoms with Gasteiger partial charge in [0.25, 0.3) is 0 Å². The zero-order valence-corrected chi connectivity index (χ0v) is 16.8. The van der Waals surface area contributed by atoms with Crippen molar-refractivity contribution in [3.8, 4) is 11.5 Å². The molecule has 0 saturated carbocycles. The number of hydrogen-bond acceptors (Lipinski definition) is 3. The zero-order chi connectivity index (χ0) is 19.6. The van der Waals surface area contributed by atoms with E-state index < -0.39 is 0 Å². The van der Waals surface area contributed by atoms with Gasteiger partial charge in [-0.05, 0) is 31.2 Å². The van der Waals surface area contributed by atoms with Crippen LogP contribution < -0.4 is 5.73 Å². The molecule has 0 saturated heterocycles. The number of H-pyrrole nitrogens is 1. The molecule has 3 N–H and O–H groups in total. The summed E-state index contributed by atoms with van der Waals surface area (Å²) in [6.07, 6.45) is 1.84. The lowest BCUT2D eigenvalue weighted by Gasteiger charge is -1.97. The van der Waals surface area contributed by atoms with Gasteiger partial charge >= 0.3 is 0 Å². The van der Waals surface area contributed by atoms with E-state index in [1.165, 1.54) is 0 Å². The third kappa shape index (κ3) is 5.48. The summed E-state index contributed by atoms with van der Waals surface area (Å²) in [6.45, 7) is 13.6. The van der Waals surface area contributed by atoms with Crippen molar-refractivity contribution in [2.24, 2.45) is 7.05 Å². The van der Waals surface area contributed by atoms with E-state index >= 15 is 0 Å². The molecule has 0 radical (unpaired) electrons. The third-order valence-corrected chi connectivity index (χ3v) is 3.16. The van der Waals surface area contributed by atoms with Gasteiger partial charge in [0.05, 0.1) is 22.4 Å². The number of hydrogen-bond donors (Lipinski definition) is 2. The maximum absolute atomic E-state index is 11.4. The van der Waals surface area contributed by atoms with Crippen molar-refractivity contribution >= 4 is 22.5 Å². The van der Waals surface area contributed by atoms with Crippen LogP contribution in [-0.2, 0) is 7.05 Å². The van der Waals surface area contributed by atoms with E-state index in [0.717, 1.165) is 22.6 Å². The highest BCUT2D eigenvalue weighted by atomic mass is 16.1. The smallest absolute Gasteiger partial charge is 0.159 e. The predicted octanol–water partition coefficient (Wildman–Crippen LogP) is 5.43. The fourth-order valence-electron chi connectivity index (χ4n) is 2.18. The first-order chi connectivity index (χ1) is 12.0. The summed E-state index contributed by atoms with van der Waals surface area (Å²) in [5.74, 6) is 0.788. The molecule has 2 aromatic heterocycles. The van der Waals surface area contributed by atoms with E-state index in [1.54, 1.807) is 13.0 Å². The number of ketones is 1. The average Bonchev–Trinajstić information content (AvgIpc) is 3.21. The molecule has 2 heterocycles. The molecule has 0 aliphatic carbocycles. The summed E-state index contributed by atoms with van der Waals surface area (Å²) < 4.78 is 1.92. The van der Waals surface area contributed by atoms with Crippen molar-refractivity contribution < 1.29 is 4.79 Å². The maximum Gasteiger partial charge on any atom is 0.159 e. The summed E-state index contributed by atoms with van der Waals surface area (Å²) in [5.41, 5.74) is 9.74. The molecule has 0 bridgehead atoms. The molecule has 138 valence electrons. The van der Waals surface area contributed by atoms with Crippen molar-refractivity contribution in [3.63, 3.8) is 0 Å². The SMILES string of the molecule is CC.CC.CC.CC(=O)c1ccc2nc(-c3cc(N)cn3C)[nH]c2c1. The highest BCUT2D eigenvalue weighted by molar-refractivity contribution is 5.97. The van der Waals surface area contributed by atoms with Crippen molar-refractivity contribution in [3.05, 3.63) is 36.0 Å². The van der Waals surface area contributed by atoms with Crippen LogP contribution in [0.5, 0.6) is 0 Å². The number of carbonyl (C=O) groups excluding carboxylic acids is 1. The van der Waals surface area contributed by atoms with Gasteiger partial charge in [-0.25, -0.2) is 4.98 Å². The Morgan fingerprint density at radius 3 is 2.16 bits per heavy atom. The number of fused-ring (bicyclic) bond motifs is 1. The number of anilines is 1. The van der Waals surface area contributed by atoms with Crippen LogP contribution in [0.15, 0.2) is 30.5 Å². The number of nitrogens with two attached hydrogens (primary N) is 1. The molecule has 25 heavy (non-hydrogen) atoms. The Morgan fingerprint density at radius 2 is 1.68 bits per heavy atom. The lowest BCUT2D eigenvalue weighted by Crippen LogP contribution is -1.90. The second-order valence-corrected chi connectivity index (χ2v) is 4.64. The van der Waals surface area contributed by atoms with Gasteiger partial charge in [0.2, 0.25) is 0 Å². The number of Topliss-reactive ketones (excluding diaryl/α,β-unsaturated/α-hetero) is 1. The van der Waals surface area contributed by atoms with Gasteiger partial charge in [-0.15, -0.1) is 0 Å². The summed E-state index contributed by atoms with van der Waals surface area (Å²) >= 11 is 0. The predicted molar refractivity (Wildman–Crippen MR) is 109 cm³/mol. The Balaban J connectivity index is 0.000000871. The molecule has 0 aliphatic rings. The van der Waals surface area contributed by atoms with Gasteiger partial charge in [-0.1, -0.05) is 41.5 Å². The van der Waals surface area contributed by atoms with Crippen LogP contribution in [-0.4, -0.2) is 20.3 Å². The first kappa shape index (κ1) is 22.4. The zero-order valence-electron chi connectivity index (χ0n) is 16.8. The second kappa shape index (κ2) is 11.1. The van der Waals surface area contributed by atoms with Gasteiger partial charge in [-0.2, -0.15) is 0 Å². The van der Waals surface area contributed by atoms with Crippen LogP contribution in [0.4, 0.5) is 5.69 Å². The quantitative estimate of drug-likeness (QED) is 0.608. The number of aryl methyl sites for hydroxylation is 1. The Labute approximate surface area is 151 Å². The van der Waals surface area contributed by atoms with Gasteiger partial charge in [-0.3, -0.25) is 4.79 Å². The molecule has 0 amide bonds. The van der Waals surface area contributed by atoms with Gasteiger partial charge < -0.3 is 15.3 Å². The largest absolute Gasteiger partial charge is 0.397 e. The van der Waals surface area contributed by atoms with Crippen molar-refractivity contribution in [2.45, 2.75) is 48.5 Å². The van der Waals surface area contributed by atoms with Crippen LogP contribution in [0.1, 0.15) is 58.8 Å². The van der Waals surface area contributed by atoms with Crippen molar-refractivity contribution in [1.82, 2.24) is 14.5 Å². The van der Waals surface area contributed by atoms with E-state index in [1.807, 2.05) is 77.6 Å². The lowest BCUT2D eigenvalue weighted by atomic mass is 10.1. The van der Waals surface area contributed by atoms with Crippen LogP contribution in [0.25, 0.3) is 22.6 Å². The average molecular weight is 345 g/mol. The molecular formula is C20H32N4O. The number of imidazole rings is 1. The molecule has 0 aliphatic heterocycles. The molecular weight excluding hydrogens is 312 g/mol. The second-order valence-electron chi connectivity index (χ2n) is 4.64.